The van der Waals surface area contributed by atoms with E-state index in [-0.39, 0.29) is 0 Å². The van der Waals surface area contributed by atoms with Crippen molar-refractivity contribution in [1.82, 2.24) is 0 Å². The zero-order valence-corrected chi connectivity index (χ0v) is 15.5. The molecule has 0 aliphatic rings. The van der Waals surface area contributed by atoms with Gasteiger partial charge in [-0.3, -0.25) is 0 Å². The molecule has 0 unspecified atom stereocenters. The van der Waals surface area contributed by atoms with E-state index in [0.29, 0.717) is 6.71 Å². The van der Waals surface area contributed by atoms with E-state index in [9.17, 15) is 0 Å². The van der Waals surface area contributed by atoms with Gasteiger partial charge in [-0.15, -0.1) is 0 Å². The molecule has 0 aliphatic heterocycles. The summed E-state index contributed by atoms with van der Waals surface area (Å²) in [5, 5.41) is 0. The monoisotopic (exact) mass is 328 g/mol. The Kier molecular flexibility index (Phi) is 5.13. The molecular formula is C22H25BN2. The normalized spacial score (nSPS) is 10.4. The van der Waals surface area contributed by atoms with E-state index >= 15 is 0 Å². The van der Waals surface area contributed by atoms with Crippen LogP contribution in [0.25, 0.3) is 0 Å². The molecule has 0 amide bonds. The van der Waals surface area contributed by atoms with Gasteiger partial charge >= 0.3 is 0 Å². The average Bonchev–Trinajstić information content (AvgIpc) is 2.67. The van der Waals surface area contributed by atoms with Crippen LogP contribution in [0.4, 0.5) is 22.7 Å². The molecule has 3 aromatic rings. The van der Waals surface area contributed by atoms with Gasteiger partial charge in [0.05, 0.1) is 0 Å². The SMILES string of the molecule is CB(C)c1c(N(C)c2ccccc2)cccc1N(C)c1ccccc1. The van der Waals surface area contributed by atoms with Crippen molar-refractivity contribution in [2.24, 2.45) is 0 Å². The quantitative estimate of drug-likeness (QED) is 0.595. The highest BCUT2D eigenvalue weighted by molar-refractivity contribution is 6.74. The van der Waals surface area contributed by atoms with Gasteiger partial charge in [-0.2, -0.15) is 0 Å². The molecule has 25 heavy (non-hydrogen) atoms. The lowest BCUT2D eigenvalue weighted by Crippen LogP contribution is -2.34. The number of rotatable bonds is 5. The second-order valence-corrected chi connectivity index (χ2v) is 6.65. The maximum atomic E-state index is 2.28. The summed E-state index contributed by atoms with van der Waals surface area (Å²) in [4.78, 5) is 4.55. The lowest BCUT2D eigenvalue weighted by atomic mass is 9.48. The second-order valence-electron chi connectivity index (χ2n) is 6.65. The van der Waals surface area contributed by atoms with Crippen LogP contribution in [0.2, 0.25) is 13.6 Å². The fraction of sp³-hybridized carbons (Fsp3) is 0.182. The first kappa shape index (κ1) is 17.2. The van der Waals surface area contributed by atoms with E-state index < -0.39 is 0 Å². The van der Waals surface area contributed by atoms with Crippen LogP contribution in [0, 0.1) is 0 Å². The van der Waals surface area contributed by atoms with Gasteiger partial charge in [0.2, 0.25) is 0 Å². The first-order valence-electron chi connectivity index (χ1n) is 8.80. The van der Waals surface area contributed by atoms with Crippen LogP contribution in [-0.2, 0) is 0 Å². The third kappa shape index (κ3) is 3.56. The van der Waals surface area contributed by atoms with Crippen molar-refractivity contribution < 1.29 is 0 Å². The third-order valence-corrected chi connectivity index (χ3v) is 4.65. The molecule has 126 valence electrons. The Morgan fingerprint density at radius 3 is 1.32 bits per heavy atom. The van der Waals surface area contributed by atoms with Crippen LogP contribution in [0.5, 0.6) is 0 Å². The summed E-state index contributed by atoms with van der Waals surface area (Å²) in [6.45, 7) is 4.95. The molecule has 2 nitrogen and oxygen atoms in total. The van der Waals surface area contributed by atoms with Crippen molar-refractivity contribution in [2.75, 3.05) is 23.9 Å². The van der Waals surface area contributed by atoms with Crippen LogP contribution in [0.15, 0.2) is 78.9 Å². The molecular weight excluding hydrogens is 303 g/mol. The largest absolute Gasteiger partial charge is 0.345 e. The van der Waals surface area contributed by atoms with E-state index in [1.807, 2.05) is 0 Å². The molecule has 0 aliphatic carbocycles. The maximum absolute atomic E-state index is 2.28. The Morgan fingerprint density at radius 1 is 0.560 bits per heavy atom. The third-order valence-electron chi connectivity index (χ3n) is 4.65. The smallest absolute Gasteiger partial charge is 0.175 e. The van der Waals surface area contributed by atoms with E-state index in [2.05, 4.69) is 116 Å². The molecule has 0 radical (unpaired) electrons. The number of hydrogen-bond donors (Lipinski definition) is 0. The zero-order valence-electron chi connectivity index (χ0n) is 15.5. The Hall–Kier alpha value is -2.68. The van der Waals surface area contributed by atoms with Crippen molar-refractivity contribution in [3.8, 4) is 0 Å². The molecule has 0 atom stereocenters. The molecule has 0 heterocycles. The lowest BCUT2D eigenvalue weighted by molar-refractivity contribution is 1.19. The summed E-state index contributed by atoms with van der Waals surface area (Å²) < 4.78 is 0. The standard InChI is InChI=1S/C22H25BN2/c1-23(2)22-20(24(3)18-12-7-5-8-13-18)16-11-17-21(22)25(4)19-14-9-6-10-15-19/h5-17H,1-4H3. The fourth-order valence-electron chi connectivity index (χ4n) is 3.30. The van der Waals surface area contributed by atoms with Crippen LogP contribution in [0.3, 0.4) is 0 Å². The maximum Gasteiger partial charge on any atom is 0.175 e. The molecule has 0 N–H and O–H groups in total. The Labute approximate surface area is 151 Å². The predicted molar refractivity (Wildman–Crippen MR) is 113 cm³/mol. The summed E-state index contributed by atoms with van der Waals surface area (Å²) in [6, 6.07) is 27.6. The molecule has 0 bridgehead atoms. The first-order valence-corrected chi connectivity index (χ1v) is 8.80. The van der Waals surface area contributed by atoms with Gasteiger partial charge in [-0.05, 0) is 41.9 Å². The van der Waals surface area contributed by atoms with E-state index in [1.54, 1.807) is 0 Å². The van der Waals surface area contributed by atoms with Crippen molar-refractivity contribution >= 4 is 34.9 Å². The van der Waals surface area contributed by atoms with Gasteiger partial charge < -0.3 is 9.80 Å². The second kappa shape index (κ2) is 7.48. The Bertz CT molecular complexity index is 752. The van der Waals surface area contributed by atoms with Crippen molar-refractivity contribution in [3.05, 3.63) is 78.9 Å². The minimum Gasteiger partial charge on any atom is -0.345 e. The van der Waals surface area contributed by atoms with Gasteiger partial charge in [0.25, 0.3) is 0 Å². The number of benzene rings is 3. The predicted octanol–water partition coefficient (Wildman–Crippen LogP) is 5.18. The van der Waals surface area contributed by atoms with E-state index in [4.69, 9.17) is 0 Å². The number of hydrogen-bond acceptors (Lipinski definition) is 2. The summed E-state index contributed by atoms with van der Waals surface area (Å²) in [5.74, 6) is 0. The molecule has 0 aromatic heterocycles. The Balaban J connectivity index is 2.09. The van der Waals surface area contributed by atoms with Crippen LogP contribution in [-0.4, -0.2) is 20.8 Å². The summed E-state index contributed by atoms with van der Waals surface area (Å²) in [5.41, 5.74) is 6.26. The van der Waals surface area contributed by atoms with Gasteiger partial charge in [0.1, 0.15) is 0 Å². The minimum atomic E-state index is 0.420. The number of nitrogens with zero attached hydrogens (tertiary/aromatic N) is 2. The van der Waals surface area contributed by atoms with Gasteiger partial charge in [-0.25, -0.2) is 0 Å². The van der Waals surface area contributed by atoms with Crippen LogP contribution in [0.1, 0.15) is 0 Å². The molecule has 0 fully saturated rings. The van der Waals surface area contributed by atoms with Gasteiger partial charge in [0, 0.05) is 36.8 Å². The first-order chi connectivity index (χ1) is 12.1. The summed E-state index contributed by atoms with van der Waals surface area (Å²) >= 11 is 0. The van der Waals surface area contributed by atoms with Crippen molar-refractivity contribution in [1.29, 1.82) is 0 Å². The highest BCUT2D eigenvalue weighted by Gasteiger charge is 2.20. The lowest BCUT2D eigenvalue weighted by Gasteiger charge is -2.29. The zero-order chi connectivity index (χ0) is 17.8. The molecule has 0 saturated carbocycles. The number of anilines is 4. The molecule has 0 spiro atoms. The number of para-hydroxylation sites is 2. The van der Waals surface area contributed by atoms with Crippen molar-refractivity contribution in [3.63, 3.8) is 0 Å². The van der Waals surface area contributed by atoms with Crippen molar-refractivity contribution in [2.45, 2.75) is 13.6 Å². The molecule has 0 saturated heterocycles. The summed E-state index contributed by atoms with van der Waals surface area (Å²) in [7, 11) is 4.28. The Morgan fingerprint density at radius 2 is 0.960 bits per heavy atom. The van der Waals surface area contributed by atoms with Crippen LogP contribution < -0.4 is 15.3 Å². The van der Waals surface area contributed by atoms with Gasteiger partial charge in [-0.1, -0.05) is 56.1 Å². The molecule has 3 rings (SSSR count). The van der Waals surface area contributed by atoms with E-state index in [0.717, 1.165) is 0 Å². The topological polar surface area (TPSA) is 6.48 Å². The van der Waals surface area contributed by atoms with Crippen LogP contribution >= 0.6 is 0 Å². The highest BCUT2D eigenvalue weighted by Crippen LogP contribution is 2.29. The van der Waals surface area contributed by atoms with E-state index in [1.165, 1.54) is 28.2 Å². The van der Waals surface area contributed by atoms with Gasteiger partial charge in [0.15, 0.2) is 6.71 Å². The fourth-order valence-corrected chi connectivity index (χ4v) is 3.30. The molecule has 3 aromatic carbocycles. The average molecular weight is 328 g/mol. The highest BCUT2D eigenvalue weighted by atomic mass is 15.1. The minimum absolute atomic E-state index is 0.420. The summed E-state index contributed by atoms with van der Waals surface area (Å²) in [6.07, 6.45) is 0. The molecule has 3 heteroatoms.